The molecule has 0 aromatic heterocycles. The molecule has 0 radical (unpaired) electrons. The maximum Gasteiger partial charge on any atom is 0.121 e. The Hall–Kier alpha value is -0.690. The van der Waals surface area contributed by atoms with Gasteiger partial charge in [0.15, 0.2) is 0 Å². The van der Waals surface area contributed by atoms with Crippen LogP contribution in [0.25, 0.3) is 0 Å². The SMILES string of the molecule is CCCC(CCl)c1ccc(OC)c(C)c1. The van der Waals surface area contributed by atoms with Gasteiger partial charge in [-0.2, -0.15) is 0 Å². The fraction of sp³-hybridized carbons (Fsp3) is 0.538. The third kappa shape index (κ3) is 3.13. The first-order valence-electron chi connectivity index (χ1n) is 5.43. The van der Waals surface area contributed by atoms with Crippen molar-refractivity contribution in [3.05, 3.63) is 29.3 Å². The first kappa shape index (κ1) is 12.4. The molecule has 15 heavy (non-hydrogen) atoms. The lowest BCUT2D eigenvalue weighted by molar-refractivity contribution is 0.411. The molecule has 0 bridgehead atoms. The van der Waals surface area contributed by atoms with Gasteiger partial charge in [-0.05, 0) is 36.5 Å². The first-order valence-corrected chi connectivity index (χ1v) is 5.96. The van der Waals surface area contributed by atoms with Gasteiger partial charge in [0.25, 0.3) is 0 Å². The number of aryl methyl sites for hydroxylation is 1. The number of alkyl halides is 1. The molecule has 0 heterocycles. The van der Waals surface area contributed by atoms with E-state index in [1.54, 1.807) is 7.11 Å². The second kappa shape index (κ2) is 6.02. The highest BCUT2D eigenvalue weighted by Gasteiger charge is 2.10. The molecule has 1 rings (SSSR count). The minimum atomic E-state index is 0.473. The number of hydrogen-bond acceptors (Lipinski definition) is 1. The molecular weight excluding hydrogens is 208 g/mol. The normalized spacial score (nSPS) is 12.5. The molecule has 0 aliphatic rings. The number of hydrogen-bond donors (Lipinski definition) is 0. The first-order chi connectivity index (χ1) is 7.22. The van der Waals surface area contributed by atoms with Gasteiger partial charge in [-0.25, -0.2) is 0 Å². The molecule has 84 valence electrons. The number of methoxy groups -OCH3 is 1. The van der Waals surface area contributed by atoms with Gasteiger partial charge in [-0.1, -0.05) is 25.5 Å². The highest BCUT2D eigenvalue weighted by atomic mass is 35.5. The van der Waals surface area contributed by atoms with E-state index in [9.17, 15) is 0 Å². The monoisotopic (exact) mass is 226 g/mol. The molecule has 1 aromatic rings. The third-order valence-electron chi connectivity index (χ3n) is 2.71. The molecule has 0 saturated carbocycles. The Morgan fingerprint density at radius 2 is 2.13 bits per heavy atom. The highest BCUT2D eigenvalue weighted by Crippen LogP contribution is 2.27. The molecule has 0 spiro atoms. The molecule has 1 unspecified atom stereocenters. The van der Waals surface area contributed by atoms with Crippen molar-refractivity contribution >= 4 is 11.6 Å². The van der Waals surface area contributed by atoms with Crippen molar-refractivity contribution in [2.45, 2.75) is 32.6 Å². The van der Waals surface area contributed by atoms with Crippen LogP contribution in [0.2, 0.25) is 0 Å². The Kier molecular flexibility index (Phi) is 4.97. The quantitative estimate of drug-likeness (QED) is 0.687. The predicted molar refractivity (Wildman–Crippen MR) is 66.1 cm³/mol. The molecule has 0 N–H and O–H groups in total. The molecule has 2 heteroatoms. The second-order valence-electron chi connectivity index (χ2n) is 3.87. The second-order valence-corrected chi connectivity index (χ2v) is 4.18. The zero-order valence-electron chi connectivity index (χ0n) is 9.72. The van der Waals surface area contributed by atoms with Crippen molar-refractivity contribution in [2.75, 3.05) is 13.0 Å². The molecule has 0 aliphatic carbocycles. The topological polar surface area (TPSA) is 9.23 Å². The number of benzene rings is 1. The zero-order chi connectivity index (χ0) is 11.3. The van der Waals surface area contributed by atoms with E-state index < -0.39 is 0 Å². The van der Waals surface area contributed by atoms with E-state index in [1.165, 1.54) is 17.5 Å². The lowest BCUT2D eigenvalue weighted by Crippen LogP contribution is -2.01. The summed E-state index contributed by atoms with van der Waals surface area (Å²) in [5.74, 6) is 2.12. The minimum Gasteiger partial charge on any atom is -0.496 e. The largest absolute Gasteiger partial charge is 0.496 e. The lowest BCUT2D eigenvalue weighted by atomic mass is 9.95. The van der Waals surface area contributed by atoms with E-state index in [2.05, 4.69) is 26.0 Å². The van der Waals surface area contributed by atoms with Gasteiger partial charge in [0.1, 0.15) is 5.75 Å². The maximum absolute atomic E-state index is 5.98. The maximum atomic E-state index is 5.98. The Morgan fingerprint density at radius 3 is 2.60 bits per heavy atom. The average molecular weight is 227 g/mol. The van der Waals surface area contributed by atoms with Crippen LogP contribution in [0.15, 0.2) is 18.2 Å². The fourth-order valence-corrected chi connectivity index (χ4v) is 2.17. The summed E-state index contributed by atoms with van der Waals surface area (Å²) in [5, 5.41) is 0. The van der Waals surface area contributed by atoms with Crippen molar-refractivity contribution in [1.29, 1.82) is 0 Å². The van der Waals surface area contributed by atoms with Gasteiger partial charge >= 0.3 is 0 Å². The van der Waals surface area contributed by atoms with E-state index in [0.717, 1.165) is 12.2 Å². The summed E-state index contributed by atoms with van der Waals surface area (Å²) in [6.45, 7) is 4.26. The van der Waals surface area contributed by atoms with Crippen molar-refractivity contribution in [2.24, 2.45) is 0 Å². The van der Waals surface area contributed by atoms with Crippen molar-refractivity contribution in [3.63, 3.8) is 0 Å². The molecule has 1 atom stereocenters. The number of rotatable bonds is 5. The van der Waals surface area contributed by atoms with Crippen LogP contribution in [0.3, 0.4) is 0 Å². The average Bonchev–Trinajstić information content (AvgIpc) is 2.25. The van der Waals surface area contributed by atoms with Crippen LogP contribution >= 0.6 is 11.6 Å². The highest BCUT2D eigenvalue weighted by molar-refractivity contribution is 6.18. The van der Waals surface area contributed by atoms with Crippen LogP contribution in [0.4, 0.5) is 0 Å². The standard InChI is InChI=1S/C13H19ClO/c1-4-5-12(9-14)11-6-7-13(15-3)10(2)8-11/h6-8,12H,4-5,9H2,1-3H3. The van der Waals surface area contributed by atoms with Crippen LogP contribution < -0.4 is 4.74 Å². The van der Waals surface area contributed by atoms with Crippen LogP contribution in [0.5, 0.6) is 5.75 Å². The summed E-state index contributed by atoms with van der Waals surface area (Å²) in [5.41, 5.74) is 2.51. The molecule has 0 saturated heterocycles. The van der Waals surface area contributed by atoms with Gasteiger partial charge in [-0.15, -0.1) is 11.6 Å². The van der Waals surface area contributed by atoms with E-state index in [4.69, 9.17) is 16.3 Å². The van der Waals surface area contributed by atoms with Crippen LogP contribution in [0.1, 0.15) is 36.8 Å². The van der Waals surface area contributed by atoms with Gasteiger partial charge in [0.05, 0.1) is 7.11 Å². The van der Waals surface area contributed by atoms with Crippen LogP contribution in [-0.4, -0.2) is 13.0 Å². The summed E-state index contributed by atoms with van der Waals surface area (Å²) >= 11 is 5.98. The minimum absolute atomic E-state index is 0.473. The number of ether oxygens (including phenoxy) is 1. The molecule has 0 aliphatic heterocycles. The smallest absolute Gasteiger partial charge is 0.121 e. The Morgan fingerprint density at radius 1 is 1.40 bits per heavy atom. The van der Waals surface area contributed by atoms with Crippen molar-refractivity contribution in [3.8, 4) is 5.75 Å². The predicted octanol–water partition coefficient (Wildman–Crippen LogP) is 4.13. The molecule has 1 aromatic carbocycles. The van der Waals surface area contributed by atoms with E-state index in [1.807, 2.05) is 6.07 Å². The van der Waals surface area contributed by atoms with Gasteiger partial charge in [0.2, 0.25) is 0 Å². The number of halogens is 1. The van der Waals surface area contributed by atoms with E-state index in [-0.39, 0.29) is 0 Å². The summed E-state index contributed by atoms with van der Waals surface area (Å²) in [6, 6.07) is 6.33. The van der Waals surface area contributed by atoms with E-state index >= 15 is 0 Å². The van der Waals surface area contributed by atoms with Crippen LogP contribution in [0, 0.1) is 6.92 Å². The Bertz CT molecular complexity index is 309. The van der Waals surface area contributed by atoms with Gasteiger partial charge < -0.3 is 4.74 Å². The summed E-state index contributed by atoms with van der Waals surface area (Å²) < 4.78 is 5.24. The zero-order valence-corrected chi connectivity index (χ0v) is 10.5. The van der Waals surface area contributed by atoms with Gasteiger partial charge in [0, 0.05) is 5.88 Å². The summed E-state index contributed by atoms with van der Waals surface area (Å²) in [7, 11) is 1.70. The third-order valence-corrected chi connectivity index (χ3v) is 3.09. The van der Waals surface area contributed by atoms with E-state index in [0.29, 0.717) is 11.8 Å². The summed E-state index contributed by atoms with van der Waals surface area (Å²) in [4.78, 5) is 0. The molecular formula is C13H19ClO. The summed E-state index contributed by atoms with van der Waals surface area (Å²) in [6.07, 6.45) is 2.32. The van der Waals surface area contributed by atoms with Crippen LogP contribution in [-0.2, 0) is 0 Å². The van der Waals surface area contributed by atoms with Gasteiger partial charge in [-0.3, -0.25) is 0 Å². The van der Waals surface area contributed by atoms with Crippen molar-refractivity contribution in [1.82, 2.24) is 0 Å². The van der Waals surface area contributed by atoms with Crippen molar-refractivity contribution < 1.29 is 4.74 Å². The Balaban J connectivity index is 2.89. The fourth-order valence-electron chi connectivity index (χ4n) is 1.84. The Labute approximate surface area is 97.4 Å². The molecule has 0 amide bonds. The molecule has 1 nitrogen and oxygen atoms in total. The molecule has 0 fully saturated rings. The lowest BCUT2D eigenvalue weighted by Gasteiger charge is -2.15.